The molecule has 3 aromatic rings. The van der Waals surface area contributed by atoms with E-state index in [0.717, 1.165) is 0 Å². The first kappa shape index (κ1) is 13.9. The lowest BCUT2D eigenvalue weighted by molar-refractivity contribution is 0.281. The molecule has 2 heterocycles. The number of nitrogens with two attached hydrogens (primary N) is 1. The molecule has 0 saturated heterocycles. The Hall–Kier alpha value is -3.11. The van der Waals surface area contributed by atoms with Crippen molar-refractivity contribution in [1.82, 2.24) is 14.4 Å². The Bertz CT molecular complexity index is 895. The summed E-state index contributed by atoms with van der Waals surface area (Å²) in [4.78, 5) is 8.52. The summed E-state index contributed by atoms with van der Waals surface area (Å²) in [7, 11) is 1.48. The average Bonchev–Trinajstić information content (AvgIpc) is 2.96. The maximum atomic E-state index is 9.57. The van der Waals surface area contributed by atoms with Crippen LogP contribution in [-0.2, 0) is 6.61 Å². The summed E-state index contributed by atoms with van der Waals surface area (Å²) >= 11 is 0. The summed E-state index contributed by atoms with van der Waals surface area (Å²) in [5.74, 6) is 1.24. The van der Waals surface area contributed by atoms with Crippen LogP contribution < -0.4 is 10.5 Å². The van der Waals surface area contributed by atoms with Crippen molar-refractivity contribution >= 4 is 11.6 Å². The normalized spacial score (nSPS) is 10.6. The molecule has 0 atom stereocenters. The second kappa shape index (κ2) is 5.35. The molecule has 7 heteroatoms. The number of fused-ring (bicyclic) bond motifs is 1. The molecule has 0 aliphatic carbocycles. The summed E-state index contributed by atoms with van der Waals surface area (Å²) < 4.78 is 6.88. The molecule has 0 fully saturated rings. The second-order valence-electron chi connectivity index (χ2n) is 4.67. The lowest BCUT2D eigenvalue weighted by Gasteiger charge is -2.09. The van der Waals surface area contributed by atoms with Crippen LogP contribution in [0.1, 0.15) is 11.1 Å². The average molecular weight is 295 g/mol. The number of aliphatic hydroxyl groups is 1. The molecule has 0 aliphatic rings. The number of methoxy groups -OCH3 is 1. The molecule has 0 unspecified atom stereocenters. The largest absolute Gasteiger partial charge is 0.495 e. The van der Waals surface area contributed by atoms with Gasteiger partial charge in [0.25, 0.3) is 0 Å². The fourth-order valence-electron chi connectivity index (χ4n) is 2.26. The van der Waals surface area contributed by atoms with Gasteiger partial charge in [-0.1, -0.05) is 0 Å². The summed E-state index contributed by atoms with van der Waals surface area (Å²) in [5, 5.41) is 18.8. The van der Waals surface area contributed by atoms with Gasteiger partial charge >= 0.3 is 0 Å². The van der Waals surface area contributed by atoms with E-state index >= 15 is 0 Å². The van der Waals surface area contributed by atoms with Crippen LogP contribution in [0.25, 0.3) is 17.0 Å². The molecular weight excluding hydrogens is 282 g/mol. The number of rotatable bonds is 3. The number of anilines is 1. The van der Waals surface area contributed by atoms with Gasteiger partial charge in [-0.3, -0.25) is 4.40 Å². The smallest absolute Gasteiger partial charge is 0.236 e. The highest BCUT2D eigenvalue weighted by Gasteiger charge is 2.14. The molecule has 1 aromatic carbocycles. The number of ether oxygens (including phenoxy) is 1. The van der Waals surface area contributed by atoms with Gasteiger partial charge in [-0.05, 0) is 23.8 Å². The number of hydrogen-bond acceptors (Lipinski definition) is 6. The van der Waals surface area contributed by atoms with E-state index in [9.17, 15) is 10.4 Å². The predicted molar refractivity (Wildman–Crippen MR) is 80.0 cm³/mol. The van der Waals surface area contributed by atoms with E-state index in [4.69, 9.17) is 10.5 Å². The SMILES string of the molecule is COc1cc(CO)c(-c2cn3ccc(N)nc3n2)cc1C#N. The van der Waals surface area contributed by atoms with E-state index in [-0.39, 0.29) is 6.61 Å². The Labute approximate surface area is 126 Å². The van der Waals surface area contributed by atoms with Crippen molar-refractivity contribution in [3.8, 4) is 23.1 Å². The Morgan fingerprint density at radius 2 is 2.23 bits per heavy atom. The summed E-state index contributed by atoms with van der Waals surface area (Å²) in [5.41, 5.74) is 7.89. The molecule has 0 bridgehead atoms. The van der Waals surface area contributed by atoms with Crippen LogP contribution >= 0.6 is 0 Å². The van der Waals surface area contributed by atoms with Crippen molar-refractivity contribution in [2.45, 2.75) is 6.61 Å². The number of aromatic nitrogens is 3. The van der Waals surface area contributed by atoms with Crippen molar-refractivity contribution in [2.75, 3.05) is 12.8 Å². The molecule has 7 nitrogen and oxygen atoms in total. The van der Waals surface area contributed by atoms with Gasteiger partial charge in [0.1, 0.15) is 17.6 Å². The van der Waals surface area contributed by atoms with Gasteiger partial charge in [0.15, 0.2) is 0 Å². The Balaban J connectivity index is 2.22. The summed E-state index contributed by atoms with van der Waals surface area (Å²) in [6.45, 7) is -0.194. The molecule has 110 valence electrons. The fourth-order valence-corrected chi connectivity index (χ4v) is 2.26. The van der Waals surface area contributed by atoms with Crippen LogP contribution in [0.4, 0.5) is 5.82 Å². The molecule has 3 N–H and O–H groups in total. The highest BCUT2D eigenvalue weighted by Crippen LogP contribution is 2.30. The zero-order valence-corrected chi connectivity index (χ0v) is 11.8. The first-order valence-corrected chi connectivity index (χ1v) is 6.49. The quantitative estimate of drug-likeness (QED) is 0.754. The second-order valence-corrected chi connectivity index (χ2v) is 4.67. The zero-order valence-electron chi connectivity index (χ0n) is 11.8. The predicted octanol–water partition coefficient (Wildman–Crippen LogP) is 1.35. The van der Waals surface area contributed by atoms with Crippen LogP contribution in [0.5, 0.6) is 5.75 Å². The molecule has 0 spiro atoms. The number of nitriles is 1. The number of benzene rings is 1. The first-order chi connectivity index (χ1) is 10.7. The number of aliphatic hydroxyl groups excluding tert-OH is 1. The Morgan fingerprint density at radius 1 is 1.41 bits per heavy atom. The summed E-state index contributed by atoms with van der Waals surface area (Å²) in [6, 6.07) is 7.03. The Morgan fingerprint density at radius 3 is 2.91 bits per heavy atom. The lowest BCUT2D eigenvalue weighted by Crippen LogP contribution is -1.95. The standard InChI is InChI=1S/C15H13N5O2/c1-22-13-5-10(8-21)11(4-9(13)6-16)12-7-20-3-2-14(17)19-15(20)18-12/h2-5,7,21H,8H2,1H3,(H2,17,18,19). The third kappa shape index (κ3) is 2.21. The van der Waals surface area contributed by atoms with Crippen LogP contribution in [0, 0.1) is 11.3 Å². The first-order valence-electron chi connectivity index (χ1n) is 6.49. The van der Waals surface area contributed by atoms with Gasteiger partial charge in [-0.25, -0.2) is 4.98 Å². The molecule has 0 amide bonds. The molecular formula is C15H13N5O2. The maximum Gasteiger partial charge on any atom is 0.236 e. The highest BCUT2D eigenvalue weighted by molar-refractivity contribution is 5.70. The van der Waals surface area contributed by atoms with E-state index in [1.807, 2.05) is 0 Å². The minimum Gasteiger partial charge on any atom is -0.495 e. The van der Waals surface area contributed by atoms with Crippen molar-refractivity contribution < 1.29 is 9.84 Å². The molecule has 0 saturated carbocycles. The number of nitrogens with zero attached hydrogens (tertiary/aromatic N) is 4. The van der Waals surface area contributed by atoms with Gasteiger partial charge in [-0.2, -0.15) is 10.2 Å². The highest BCUT2D eigenvalue weighted by atomic mass is 16.5. The topological polar surface area (TPSA) is 109 Å². The van der Waals surface area contributed by atoms with Gasteiger partial charge in [0.05, 0.1) is 25.0 Å². The van der Waals surface area contributed by atoms with Gasteiger partial charge in [-0.15, -0.1) is 0 Å². The number of nitrogen functional groups attached to an aromatic ring is 1. The van der Waals surface area contributed by atoms with Crippen LogP contribution in [0.15, 0.2) is 30.6 Å². The molecule has 0 radical (unpaired) electrons. The molecule has 3 rings (SSSR count). The number of imidazole rings is 1. The monoisotopic (exact) mass is 295 g/mol. The van der Waals surface area contributed by atoms with Crippen molar-refractivity contribution in [3.63, 3.8) is 0 Å². The van der Waals surface area contributed by atoms with E-state index in [2.05, 4.69) is 16.0 Å². The number of hydrogen-bond donors (Lipinski definition) is 2. The lowest BCUT2D eigenvalue weighted by atomic mass is 10.0. The minimum atomic E-state index is -0.194. The summed E-state index contributed by atoms with van der Waals surface area (Å²) in [6.07, 6.45) is 3.52. The van der Waals surface area contributed by atoms with E-state index < -0.39 is 0 Å². The third-order valence-electron chi connectivity index (χ3n) is 3.34. The third-order valence-corrected chi connectivity index (χ3v) is 3.34. The van der Waals surface area contributed by atoms with E-state index in [0.29, 0.717) is 39.7 Å². The van der Waals surface area contributed by atoms with Gasteiger partial charge in [0, 0.05) is 18.0 Å². The van der Waals surface area contributed by atoms with Crippen LogP contribution in [-0.4, -0.2) is 26.6 Å². The molecule has 2 aromatic heterocycles. The van der Waals surface area contributed by atoms with Crippen molar-refractivity contribution in [2.24, 2.45) is 0 Å². The van der Waals surface area contributed by atoms with Crippen LogP contribution in [0.2, 0.25) is 0 Å². The molecule has 22 heavy (non-hydrogen) atoms. The van der Waals surface area contributed by atoms with Gasteiger partial charge in [0.2, 0.25) is 5.78 Å². The molecule has 0 aliphatic heterocycles. The van der Waals surface area contributed by atoms with E-state index in [1.165, 1.54) is 7.11 Å². The minimum absolute atomic E-state index is 0.194. The fraction of sp³-hybridized carbons (Fsp3) is 0.133. The van der Waals surface area contributed by atoms with Gasteiger partial charge < -0.3 is 15.6 Å². The maximum absolute atomic E-state index is 9.57. The van der Waals surface area contributed by atoms with E-state index in [1.54, 1.807) is 35.0 Å². The zero-order chi connectivity index (χ0) is 15.7. The Kier molecular flexibility index (Phi) is 3.37. The van der Waals surface area contributed by atoms with Crippen molar-refractivity contribution in [3.05, 3.63) is 41.7 Å². The van der Waals surface area contributed by atoms with Crippen LogP contribution in [0.3, 0.4) is 0 Å². The van der Waals surface area contributed by atoms with Crippen molar-refractivity contribution in [1.29, 1.82) is 5.26 Å².